The highest BCUT2D eigenvalue weighted by Crippen LogP contribution is 2.47. The van der Waals surface area contributed by atoms with Crippen LogP contribution in [0.5, 0.6) is 0 Å². The van der Waals surface area contributed by atoms with E-state index in [-0.39, 0.29) is 11.8 Å². The summed E-state index contributed by atoms with van der Waals surface area (Å²) in [6.45, 7) is 1.88. The Kier molecular flexibility index (Phi) is 4.67. The van der Waals surface area contributed by atoms with Crippen LogP contribution in [0.2, 0.25) is 0 Å². The van der Waals surface area contributed by atoms with Gasteiger partial charge in [-0.2, -0.15) is 5.10 Å². The predicted octanol–water partition coefficient (Wildman–Crippen LogP) is 4.00. The number of allylic oxidation sites excluding steroid dienone is 1. The third-order valence-corrected chi connectivity index (χ3v) is 4.01. The molecule has 1 amide bonds. The average molecular weight is 304 g/mol. The van der Waals surface area contributed by atoms with Crippen LogP contribution in [0, 0.1) is 5.92 Å². The third kappa shape index (κ3) is 4.16. The second-order valence-corrected chi connectivity index (χ2v) is 5.83. The zero-order valence-corrected chi connectivity index (χ0v) is 13.1. The number of amides is 1. The first kappa shape index (κ1) is 15.2. The van der Waals surface area contributed by atoms with Gasteiger partial charge in [-0.15, -0.1) is 0 Å². The molecule has 0 spiro atoms. The Morgan fingerprint density at radius 2 is 1.74 bits per heavy atom. The van der Waals surface area contributed by atoms with E-state index < -0.39 is 0 Å². The molecule has 2 aromatic carbocycles. The first-order valence-corrected chi connectivity index (χ1v) is 7.86. The Morgan fingerprint density at radius 3 is 2.43 bits per heavy atom. The minimum atomic E-state index is 0.00585. The highest BCUT2D eigenvalue weighted by Gasteiger charge is 2.43. The lowest BCUT2D eigenvalue weighted by Crippen LogP contribution is -2.21. The molecule has 0 radical (unpaired) electrons. The topological polar surface area (TPSA) is 41.5 Å². The molecule has 0 aromatic heterocycles. The fourth-order valence-electron chi connectivity index (χ4n) is 2.60. The Hall–Kier alpha value is -2.68. The molecule has 2 aromatic rings. The summed E-state index contributed by atoms with van der Waals surface area (Å²) < 4.78 is 0. The number of carbonyl (C=O) groups excluding carboxylic acids is 1. The van der Waals surface area contributed by atoms with Gasteiger partial charge in [-0.05, 0) is 36.5 Å². The number of hydrogen-bond acceptors (Lipinski definition) is 2. The van der Waals surface area contributed by atoms with E-state index in [1.807, 2.05) is 67.6 Å². The smallest absolute Gasteiger partial charge is 0.243 e. The first-order chi connectivity index (χ1) is 11.2. The maximum absolute atomic E-state index is 12.1. The van der Waals surface area contributed by atoms with Crippen molar-refractivity contribution in [2.45, 2.75) is 19.3 Å². The highest BCUT2D eigenvalue weighted by atomic mass is 16.2. The van der Waals surface area contributed by atoms with Crippen LogP contribution < -0.4 is 5.43 Å². The molecule has 116 valence electrons. The zero-order chi connectivity index (χ0) is 16.1. The van der Waals surface area contributed by atoms with Crippen molar-refractivity contribution in [3.63, 3.8) is 0 Å². The van der Waals surface area contributed by atoms with Gasteiger partial charge in [0.2, 0.25) is 5.91 Å². The van der Waals surface area contributed by atoms with Crippen LogP contribution >= 0.6 is 0 Å². The van der Waals surface area contributed by atoms with Crippen LogP contribution in [-0.2, 0) is 4.79 Å². The first-order valence-electron chi connectivity index (χ1n) is 7.86. The van der Waals surface area contributed by atoms with E-state index in [2.05, 4.69) is 22.7 Å². The summed E-state index contributed by atoms with van der Waals surface area (Å²) in [6.07, 6.45) is 4.79. The van der Waals surface area contributed by atoms with Crippen LogP contribution in [0.3, 0.4) is 0 Å². The van der Waals surface area contributed by atoms with Crippen LogP contribution in [0.1, 0.15) is 30.4 Å². The number of benzene rings is 2. The standard InChI is InChI=1S/C20H20N2O/c1-15(12-13-16-8-4-2-5-9-16)21-22-20(23)19-14-18(19)17-10-6-3-7-11-17/h2-13,18-19H,14H2,1H3,(H,22,23)/b13-12+,21-15?/t18-,19-/m1/s1. The number of nitrogens with one attached hydrogen (secondary N) is 1. The summed E-state index contributed by atoms with van der Waals surface area (Å²) in [5.74, 6) is 0.393. The van der Waals surface area contributed by atoms with Crippen molar-refractivity contribution in [3.05, 3.63) is 77.9 Å². The van der Waals surface area contributed by atoms with Crippen molar-refractivity contribution in [2.75, 3.05) is 0 Å². The van der Waals surface area contributed by atoms with E-state index in [0.29, 0.717) is 5.92 Å². The minimum absolute atomic E-state index is 0.00585. The summed E-state index contributed by atoms with van der Waals surface area (Å²) >= 11 is 0. The van der Waals surface area contributed by atoms with Crippen molar-refractivity contribution >= 4 is 17.7 Å². The molecule has 0 heterocycles. The van der Waals surface area contributed by atoms with Gasteiger partial charge in [0.25, 0.3) is 0 Å². The van der Waals surface area contributed by atoms with Gasteiger partial charge in [0.15, 0.2) is 0 Å². The molecule has 0 saturated heterocycles. The second kappa shape index (κ2) is 7.05. The van der Waals surface area contributed by atoms with Crippen molar-refractivity contribution < 1.29 is 4.79 Å². The summed E-state index contributed by atoms with van der Waals surface area (Å²) in [5, 5.41) is 4.16. The summed E-state index contributed by atoms with van der Waals surface area (Å²) in [4.78, 5) is 12.1. The van der Waals surface area contributed by atoms with Crippen LogP contribution in [-0.4, -0.2) is 11.6 Å². The SMILES string of the molecule is CC(/C=C/c1ccccc1)=NNC(=O)[C@@H]1C[C@@H]1c1ccccc1. The van der Waals surface area contributed by atoms with Gasteiger partial charge in [0, 0.05) is 5.92 Å². The molecule has 1 N–H and O–H groups in total. The number of hydrogen-bond donors (Lipinski definition) is 1. The molecule has 23 heavy (non-hydrogen) atoms. The van der Waals surface area contributed by atoms with Crippen LogP contribution in [0.15, 0.2) is 71.8 Å². The Morgan fingerprint density at radius 1 is 1.09 bits per heavy atom. The molecule has 3 nitrogen and oxygen atoms in total. The summed E-state index contributed by atoms with van der Waals surface area (Å²) in [7, 11) is 0. The Labute approximate surface area is 136 Å². The molecule has 1 saturated carbocycles. The molecule has 0 aliphatic heterocycles. The van der Waals surface area contributed by atoms with Gasteiger partial charge in [-0.1, -0.05) is 66.7 Å². The molecule has 2 atom stereocenters. The zero-order valence-electron chi connectivity index (χ0n) is 13.1. The van der Waals surface area contributed by atoms with Crippen molar-refractivity contribution in [3.8, 4) is 0 Å². The largest absolute Gasteiger partial charge is 0.273 e. The predicted molar refractivity (Wildman–Crippen MR) is 94.0 cm³/mol. The van der Waals surface area contributed by atoms with E-state index >= 15 is 0 Å². The lowest BCUT2D eigenvalue weighted by atomic mass is 10.1. The van der Waals surface area contributed by atoms with Crippen LogP contribution in [0.25, 0.3) is 6.08 Å². The van der Waals surface area contributed by atoms with Crippen molar-refractivity contribution in [1.29, 1.82) is 0 Å². The Bertz CT molecular complexity index is 720. The molecule has 1 fully saturated rings. The molecular formula is C20H20N2O. The summed E-state index contributed by atoms with van der Waals surface area (Å²) in [6, 6.07) is 20.2. The lowest BCUT2D eigenvalue weighted by molar-refractivity contribution is -0.122. The molecule has 0 unspecified atom stereocenters. The van der Waals surface area contributed by atoms with Crippen molar-refractivity contribution in [2.24, 2.45) is 11.0 Å². The summed E-state index contributed by atoms with van der Waals surface area (Å²) in [5.41, 5.74) is 5.80. The van der Waals surface area contributed by atoms with E-state index in [4.69, 9.17) is 0 Å². The molecule has 3 rings (SSSR count). The maximum atomic E-state index is 12.1. The van der Waals surface area contributed by atoms with Gasteiger partial charge < -0.3 is 0 Å². The number of carbonyl (C=O) groups is 1. The fourth-order valence-corrected chi connectivity index (χ4v) is 2.60. The van der Waals surface area contributed by atoms with Gasteiger partial charge in [-0.25, -0.2) is 5.43 Å². The van der Waals surface area contributed by atoms with E-state index in [1.165, 1.54) is 5.56 Å². The lowest BCUT2D eigenvalue weighted by Gasteiger charge is -2.01. The molecule has 1 aliphatic carbocycles. The highest BCUT2D eigenvalue weighted by molar-refractivity contribution is 5.97. The number of hydrazone groups is 1. The third-order valence-electron chi connectivity index (χ3n) is 4.01. The normalized spacial score (nSPS) is 20.5. The quantitative estimate of drug-likeness (QED) is 0.658. The molecule has 3 heteroatoms. The Balaban J connectivity index is 1.52. The monoisotopic (exact) mass is 304 g/mol. The number of nitrogens with zero attached hydrogens (tertiary/aromatic N) is 1. The van der Waals surface area contributed by atoms with Crippen molar-refractivity contribution in [1.82, 2.24) is 5.43 Å². The molecule has 1 aliphatic rings. The van der Waals surface area contributed by atoms with E-state index in [0.717, 1.165) is 17.7 Å². The van der Waals surface area contributed by atoms with E-state index in [9.17, 15) is 4.79 Å². The van der Waals surface area contributed by atoms with Gasteiger partial charge in [0.1, 0.15) is 0 Å². The molecule has 0 bridgehead atoms. The maximum Gasteiger partial charge on any atom is 0.243 e. The van der Waals surface area contributed by atoms with Gasteiger partial charge in [0.05, 0.1) is 5.71 Å². The molecular weight excluding hydrogens is 284 g/mol. The average Bonchev–Trinajstić information content (AvgIpc) is 3.40. The fraction of sp³-hybridized carbons (Fsp3) is 0.200. The van der Waals surface area contributed by atoms with Gasteiger partial charge >= 0.3 is 0 Å². The number of rotatable bonds is 5. The van der Waals surface area contributed by atoms with Gasteiger partial charge in [-0.3, -0.25) is 4.79 Å². The van der Waals surface area contributed by atoms with Crippen LogP contribution in [0.4, 0.5) is 0 Å². The minimum Gasteiger partial charge on any atom is -0.273 e. The second-order valence-electron chi connectivity index (χ2n) is 5.83. The van der Waals surface area contributed by atoms with E-state index in [1.54, 1.807) is 0 Å².